The standard InChI is InChI=1S/C13H20N2O2/c1-16-13-9-12(5-7-15-13)14-6-2-8-17-10-11-3-4-11/h5,7,9,11H,2-4,6,8,10H2,1H3,(H,14,15). The predicted octanol–water partition coefficient (Wildman–Crippen LogP) is 2.32. The minimum atomic E-state index is 0.639. The fourth-order valence-corrected chi connectivity index (χ4v) is 1.57. The molecule has 0 unspecified atom stereocenters. The third-order valence-electron chi connectivity index (χ3n) is 2.79. The van der Waals surface area contributed by atoms with Crippen molar-refractivity contribution < 1.29 is 9.47 Å². The van der Waals surface area contributed by atoms with E-state index in [4.69, 9.17) is 9.47 Å². The van der Waals surface area contributed by atoms with Crippen LogP contribution < -0.4 is 10.1 Å². The van der Waals surface area contributed by atoms with Gasteiger partial charge in [0.2, 0.25) is 5.88 Å². The molecule has 0 aromatic carbocycles. The molecule has 1 heterocycles. The van der Waals surface area contributed by atoms with Crippen LogP contribution in [0.25, 0.3) is 0 Å². The lowest BCUT2D eigenvalue weighted by Crippen LogP contribution is -2.07. The van der Waals surface area contributed by atoms with E-state index >= 15 is 0 Å². The van der Waals surface area contributed by atoms with E-state index in [2.05, 4.69) is 10.3 Å². The molecule has 4 heteroatoms. The van der Waals surface area contributed by atoms with Gasteiger partial charge in [0.15, 0.2) is 0 Å². The zero-order valence-corrected chi connectivity index (χ0v) is 10.3. The maximum absolute atomic E-state index is 5.56. The topological polar surface area (TPSA) is 43.4 Å². The SMILES string of the molecule is COc1cc(NCCCOCC2CC2)ccn1. The van der Waals surface area contributed by atoms with Crippen LogP contribution in [0.4, 0.5) is 5.69 Å². The number of hydrogen-bond acceptors (Lipinski definition) is 4. The second kappa shape index (κ2) is 6.45. The molecule has 4 nitrogen and oxygen atoms in total. The Morgan fingerprint density at radius 3 is 3.12 bits per heavy atom. The minimum absolute atomic E-state index is 0.639. The highest BCUT2D eigenvalue weighted by atomic mass is 16.5. The lowest BCUT2D eigenvalue weighted by Gasteiger charge is -2.07. The van der Waals surface area contributed by atoms with Gasteiger partial charge in [0.25, 0.3) is 0 Å². The zero-order chi connectivity index (χ0) is 11.9. The van der Waals surface area contributed by atoms with E-state index in [9.17, 15) is 0 Å². The third-order valence-corrected chi connectivity index (χ3v) is 2.79. The summed E-state index contributed by atoms with van der Waals surface area (Å²) in [5.41, 5.74) is 1.04. The highest BCUT2D eigenvalue weighted by Gasteiger charge is 2.20. The lowest BCUT2D eigenvalue weighted by atomic mass is 10.3. The van der Waals surface area contributed by atoms with E-state index < -0.39 is 0 Å². The summed E-state index contributed by atoms with van der Waals surface area (Å²) in [6.45, 7) is 2.70. The van der Waals surface area contributed by atoms with E-state index in [0.717, 1.165) is 37.8 Å². The smallest absolute Gasteiger partial charge is 0.214 e. The first kappa shape index (κ1) is 12.2. The van der Waals surface area contributed by atoms with Crippen molar-refractivity contribution in [2.24, 2.45) is 5.92 Å². The number of anilines is 1. The van der Waals surface area contributed by atoms with Crippen LogP contribution in [0.2, 0.25) is 0 Å². The van der Waals surface area contributed by atoms with Gasteiger partial charge < -0.3 is 14.8 Å². The van der Waals surface area contributed by atoms with Gasteiger partial charge in [-0.05, 0) is 31.2 Å². The Morgan fingerprint density at radius 2 is 2.35 bits per heavy atom. The van der Waals surface area contributed by atoms with Gasteiger partial charge >= 0.3 is 0 Å². The number of methoxy groups -OCH3 is 1. The van der Waals surface area contributed by atoms with Gasteiger partial charge in [-0.25, -0.2) is 4.98 Å². The third kappa shape index (κ3) is 4.61. The van der Waals surface area contributed by atoms with Crippen molar-refractivity contribution in [3.05, 3.63) is 18.3 Å². The molecular weight excluding hydrogens is 216 g/mol. The number of hydrogen-bond donors (Lipinski definition) is 1. The fourth-order valence-electron chi connectivity index (χ4n) is 1.57. The van der Waals surface area contributed by atoms with Crippen LogP contribution in [0.15, 0.2) is 18.3 Å². The maximum atomic E-state index is 5.56. The molecule has 0 radical (unpaired) electrons. The number of rotatable bonds is 8. The molecule has 1 N–H and O–H groups in total. The molecule has 0 bridgehead atoms. The summed E-state index contributed by atoms with van der Waals surface area (Å²) in [5.74, 6) is 1.49. The number of nitrogens with one attached hydrogen (secondary N) is 1. The number of nitrogens with zero attached hydrogens (tertiary/aromatic N) is 1. The molecule has 0 saturated heterocycles. The van der Waals surface area contributed by atoms with Crippen LogP contribution in [-0.2, 0) is 4.74 Å². The average Bonchev–Trinajstić information content (AvgIpc) is 3.18. The Hall–Kier alpha value is -1.29. The van der Waals surface area contributed by atoms with Crippen molar-refractivity contribution in [3.63, 3.8) is 0 Å². The second-order valence-corrected chi connectivity index (χ2v) is 4.39. The molecule has 1 aliphatic rings. The van der Waals surface area contributed by atoms with Gasteiger partial charge in [-0.15, -0.1) is 0 Å². The first-order valence-electron chi connectivity index (χ1n) is 6.20. The molecular formula is C13H20N2O2. The molecule has 2 rings (SSSR count). The van der Waals surface area contributed by atoms with Crippen LogP contribution in [0, 0.1) is 5.92 Å². The number of aromatic nitrogens is 1. The summed E-state index contributed by atoms with van der Waals surface area (Å²) in [4.78, 5) is 4.05. The fraction of sp³-hybridized carbons (Fsp3) is 0.615. The second-order valence-electron chi connectivity index (χ2n) is 4.39. The normalized spacial score (nSPS) is 14.6. The molecule has 0 atom stereocenters. The van der Waals surface area contributed by atoms with Gasteiger partial charge in [-0.2, -0.15) is 0 Å². The van der Waals surface area contributed by atoms with Crippen LogP contribution in [0.1, 0.15) is 19.3 Å². The summed E-state index contributed by atoms with van der Waals surface area (Å²) in [6.07, 6.45) is 5.48. The molecule has 1 saturated carbocycles. The molecule has 1 aliphatic carbocycles. The molecule has 94 valence electrons. The largest absolute Gasteiger partial charge is 0.481 e. The molecule has 17 heavy (non-hydrogen) atoms. The summed E-state index contributed by atoms with van der Waals surface area (Å²) < 4.78 is 10.6. The van der Waals surface area contributed by atoms with Crippen molar-refractivity contribution in [2.75, 3.05) is 32.2 Å². The Bertz CT molecular complexity index is 340. The summed E-state index contributed by atoms with van der Waals surface area (Å²) in [5, 5.41) is 3.32. The van der Waals surface area contributed by atoms with Crippen LogP contribution in [0.3, 0.4) is 0 Å². The molecule has 0 amide bonds. The first-order chi connectivity index (χ1) is 8.38. The van der Waals surface area contributed by atoms with Gasteiger partial charge in [0, 0.05) is 37.7 Å². The number of ether oxygens (including phenoxy) is 2. The summed E-state index contributed by atoms with van der Waals surface area (Å²) in [7, 11) is 1.62. The predicted molar refractivity (Wildman–Crippen MR) is 67.4 cm³/mol. The minimum Gasteiger partial charge on any atom is -0.481 e. The van der Waals surface area contributed by atoms with Gasteiger partial charge in [0.05, 0.1) is 7.11 Å². The van der Waals surface area contributed by atoms with Crippen LogP contribution in [0.5, 0.6) is 5.88 Å². The molecule has 1 aromatic heterocycles. The van der Waals surface area contributed by atoms with Crippen LogP contribution in [-0.4, -0.2) is 31.9 Å². The highest BCUT2D eigenvalue weighted by molar-refractivity contribution is 5.44. The van der Waals surface area contributed by atoms with Crippen LogP contribution >= 0.6 is 0 Å². The Balaban J connectivity index is 1.56. The van der Waals surface area contributed by atoms with Crippen molar-refractivity contribution >= 4 is 5.69 Å². The van der Waals surface area contributed by atoms with E-state index in [1.165, 1.54) is 12.8 Å². The lowest BCUT2D eigenvalue weighted by molar-refractivity contribution is 0.124. The van der Waals surface area contributed by atoms with E-state index in [-0.39, 0.29) is 0 Å². The Labute approximate surface area is 102 Å². The summed E-state index contributed by atoms with van der Waals surface area (Å²) >= 11 is 0. The van der Waals surface area contributed by atoms with Gasteiger partial charge in [-0.1, -0.05) is 0 Å². The quantitative estimate of drug-likeness (QED) is 0.703. The molecule has 0 aliphatic heterocycles. The Morgan fingerprint density at radius 1 is 1.47 bits per heavy atom. The summed E-state index contributed by atoms with van der Waals surface area (Å²) in [6, 6.07) is 3.83. The molecule has 0 spiro atoms. The van der Waals surface area contributed by atoms with Crippen molar-refractivity contribution in [1.82, 2.24) is 4.98 Å². The van der Waals surface area contributed by atoms with E-state index in [0.29, 0.717) is 5.88 Å². The van der Waals surface area contributed by atoms with Crippen molar-refractivity contribution in [3.8, 4) is 5.88 Å². The average molecular weight is 236 g/mol. The van der Waals surface area contributed by atoms with Crippen molar-refractivity contribution in [2.45, 2.75) is 19.3 Å². The van der Waals surface area contributed by atoms with Crippen molar-refractivity contribution in [1.29, 1.82) is 0 Å². The van der Waals surface area contributed by atoms with E-state index in [1.54, 1.807) is 13.3 Å². The Kier molecular flexibility index (Phi) is 4.62. The highest BCUT2D eigenvalue weighted by Crippen LogP contribution is 2.28. The molecule has 1 fully saturated rings. The van der Waals surface area contributed by atoms with E-state index in [1.807, 2.05) is 12.1 Å². The van der Waals surface area contributed by atoms with Gasteiger partial charge in [-0.3, -0.25) is 0 Å². The molecule has 1 aromatic rings. The monoisotopic (exact) mass is 236 g/mol. The first-order valence-corrected chi connectivity index (χ1v) is 6.20. The number of pyridine rings is 1. The zero-order valence-electron chi connectivity index (χ0n) is 10.3. The van der Waals surface area contributed by atoms with Gasteiger partial charge in [0.1, 0.15) is 0 Å². The maximum Gasteiger partial charge on any atom is 0.214 e.